The van der Waals surface area contributed by atoms with Crippen molar-refractivity contribution in [1.29, 1.82) is 0 Å². The summed E-state index contributed by atoms with van der Waals surface area (Å²) >= 11 is 0. The zero-order valence-electron chi connectivity index (χ0n) is 21.9. The number of halogens is 1. The molecule has 1 N–H and O–H groups in total. The zero-order valence-corrected chi connectivity index (χ0v) is 21.9. The van der Waals surface area contributed by atoms with E-state index in [2.05, 4.69) is 41.1 Å². The first-order valence-corrected chi connectivity index (χ1v) is 12.6. The van der Waals surface area contributed by atoms with Gasteiger partial charge in [0.1, 0.15) is 18.2 Å². The van der Waals surface area contributed by atoms with Crippen LogP contribution in [-0.2, 0) is 13.0 Å². The van der Waals surface area contributed by atoms with Gasteiger partial charge in [0.05, 0.1) is 18.5 Å². The van der Waals surface area contributed by atoms with Crippen LogP contribution in [0.4, 0.5) is 4.39 Å². The maximum atomic E-state index is 14.2. The van der Waals surface area contributed by atoms with Crippen molar-refractivity contribution in [1.82, 2.24) is 24.5 Å². The molecule has 0 amide bonds. The van der Waals surface area contributed by atoms with Crippen molar-refractivity contribution in [2.24, 2.45) is 0 Å². The van der Waals surface area contributed by atoms with Crippen LogP contribution in [0.1, 0.15) is 66.2 Å². The van der Waals surface area contributed by atoms with Gasteiger partial charge in [0.25, 0.3) is 0 Å². The second kappa shape index (κ2) is 9.54. The van der Waals surface area contributed by atoms with Crippen LogP contribution in [0.15, 0.2) is 58.0 Å². The molecule has 0 fully saturated rings. The molecule has 9 nitrogen and oxygen atoms in total. The number of rotatable bonds is 5. The van der Waals surface area contributed by atoms with Crippen molar-refractivity contribution in [2.75, 3.05) is 7.11 Å². The third kappa shape index (κ3) is 4.37. The Kier molecular flexibility index (Phi) is 6.02. The lowest BCUT2D eigenvalue weighted by atomic mass is 9.89. The summed E-state index contributed by atoms with van der Waals surface area (Å²) in [6.45, 7) is 6.30. The standard InChI is InChI=1S/C29H26FN5O4/c1-15(2)26-22(35-10-9-24(37-4)31-28(35)32-26)12-17-5-7-20-18(11-17)14-38-23-13-19(30)6-8-21(23)25(20)16(3)27-33-29(36)39-34-27/h5-11,13,15H,12,14H2,1-4H3,(H,33,34,36). The number of ether oxygens (including phenoxy) is 2. The number of hydrogen-bond acceptors (Lipinski definition) is 7. The van der Waals surface area contributed by atoms with Gasteiger partial charge in [0, 0.05) is 35.9 Å². The van der Waals surface area contributed by atoms with Crippen molar-refractivity contribution < 1.29 is 18.4 Å². The summed E-state index contributed by atoms with van der Waals surface area (Å²) in [4.78, 5) is 23.6. The van der Waals surface area contributed by atoms with Crippen LogP contribution < -0.4 is 15.2 Å². The van der Waals surface area contributed by atoms with E-state index in [1.165, 1.54) is 12.1 Å². The number of H-pyrrole nitrogens is 1. The van der Waals surface area contributed by atoms with Gasteiger partial charge in [-0.2, -0.15) is 4.98 Å². The third-order valence-electron chi connectivity index (χ3n) is 6.93. The van der Waals surface area contributed by atoms with E-state index in [1.807, 2.05) is 29.7 Å². The Morgan fingerprint density at radius 1 is 1.15 bits per heavy atom. The second-order valence-electron chi connectivity index (χ2n) is 9.78. The number of aromatic amines is 1. The molecule has 0 atom stereocenters. The smallest absolute Gasteiger partial charge is 0.439 e. The predicted octanol–water partition coefficient (Wildman–Crippen LogP) is 5.14. The topological polar surface area (TPSA) is 108 Å². The Balaban J connectivity index is 1.48. The SMILES string of the molecule is COc1ccn2c(Cc3ccc4c(c3)COc3cc(F)ccc3C4=C(C)c3noc(=O)[nH]3)c(C(C)C)nc2n1. The van der Waals surface area contributed by atoms with Gasteiger partial charge >= 0.3 is 5.76 Å². The monoisotopic (exact) mass is 527 g/mol. The Morgan fingerprint density at radius 3 is 2.72 bits per heavy atom. The summed E-state index contributed by atoms with van der Waals surface area (Å²) in [6.07, 6.45) is 2.54. The van der Waals surface area contributed by atoms with Crippen LogP contribution in [-0.4, -0.2) is 31.6 Å². The summed E-state index contributed by atoms with van der Waals surface area (Å²) in [6, 6.07) is 12.4. The highest BCUT2D eigenvalue weighted by atomic mass is 19.1. The molecule has 0 bridgehead atoms. The molecule has 0 saturated carbocycles. The number of fused-ring (bicyclic) bond motifs is 3. The predicted molar refractivity (Wildman–Crippen MR) is 142 cm³/mol. The molecule has 1 aliphatic rings. The summed E-state index contributed by atoms with van der Waals surface area (Å²) in [5.74, 6) is 0.969. The van der Waals surface area contributed by atoms with Gasteiger partial charge in [0.2, 0.25) is 11.7 Å². The molecule has 0 radical (unpaired) electrons. The lowest BCUT2D eigenvalue weighted by molar-refractivity contribution is 0.305. The molecule has 1 aliphatic heterocycles. The Hall–Kier alpha value is -4.73. The summed E-state index contributed by atoms with van der Waals surface area (Å²) in [5.41, 5.74) is 7.05. The number of allylic oxidation sites excluding steroid dienone is 1. The average Bonchev–Trinajstić information content (AvgIpc) is 3.48. The van der Waals surface area contributed by atoms with Crippen LogP contribution in [0.5, 0.6) is 11.6 Å². The fourth-order valence-corrected chi connectivity index (χ4v) is 5.08. The Labute approximate surface area is 222 Å². The van der Waals surface area contributed by atoms with Crippen molar-refractivity contribution in [3.8, 4) is 11.6 Å². The minimum Gasteiger partial charge on any atom is -0.488 e. The van der Waals surface area contributed by atoms with E-state index in [0.29, 0.717) is 40.8 Å². The number of imidazole rings is 1. The molecular formula is C29H26FN5O4. The first kappa shape index (κ1) is 24.6. The Bertz CT molecular complexity index is 1810. The fraction of sp³-hybridized carbons (Fsp3) is 0.241. The van der Waals surface area contributed by atoms with Gasteiger partial charge in [-0.1, -0.05) is 37.2 Å². The second-order valence-corrected chi connectivity index (χ2v) is 9.78. The highest BCUT2D eigenvalue weighted by Crippen LogP contribution is 2.41. The quantitative estimate of drug-likeness (QED) is 0.337. The number of hydrogen-bond donors (Lipinski definition) is 1. The largest absolute Gasteiger partial charge is 0.488 e. The molecule has 2 aromatic carbocycles. The number of benzene rings is 2. The molecule has 0 saturated heterocycles. The Morgan fingerprint density at radius 2 is 1.97 bits per heavy atom. The normalized spacial score (nSPS) is 14.1. The minimum atomic E-state index is -0.647. The molecule has 6 rings (SSSR count). The molecule has 0 aliphatic carbocycles. The van der Waals surface area contributed by atoms with Crippen LogP contribution in [0.3, 0.4) is 0 Å². The molecule has 198 valence electrons. The van der Waals surface area contributed by atoms with Gasteiger partial charge in [-0.25, -0.2) is 14.2 Å². The highest BCUT2D eigenvalue weighted by molar-refractivity contribution is 5.99. The number of methoxy groups -OCH3 is 1. The molecule has 3 aromatic heterocycles. The van der Waals surface area contributed by atoms with Crippen LogP contribution in [0.2, 0.25) is 0 Å². The van der Waals surface area contributed by atoms with E-state index in [0.717, 1.165) is 33.7 Å². The van der Waals surface area contributed by atoms with Crippen LogP contribution in [0.25, 0.3) is 16.9 Å². The summed E-state index contributed by atoms with van der Waals surface area (Å²) < 4.78 is 32.3. The lowest BCUT2D eigenvalue weighted by Crippen LogP contribution is -2.03. The molecule has 4 heterocycles. The van der Waals surface area contributed by atoms with Crippen molar-refractivity contribution in [3.05, 3.63) is 104 Å². The lowest BCUT2D eigenvalue weighted by Gasteiger charge is -2.15. The first-order chi connectivity index (χ1) is 18.8. The van der Waals surface area contributed by atoms with Gasteiger partial charge in [-0.15, -0.1) is 0 Å². The van der Waals surface area contributed by atoms with Gasteiger partial charge in [-0.3, -0.25) is 13.9 Å². The van der Waals surface area contributed by atoms with Crippen LogP contribution in [0, 0.1) is 5.82 Å². The summed E-state index contributed by atoms with van der Waals surface area (Å²) in [5, 5.41) is 3.88. The molecule has 0 unspecified atom stereocenters. The maximum Gasteiger partial charge on any atom is 0.439 e. The van der Waals surface area contributed by atoms with Crippen molar-refractivity contribution >= 4 is 16.9 Å². The van der Waals surface area contributed by atoms with E-state index in [1.54, 1.807) is 13.2 Å². The van der Waals surface area contributed by atoms with Gasteiger partial charge in [0.15, 0.2) is 5.82 Å². The number of nitrogens with zero attached hydrogens (tertiary/aromatic N) is 4. The molecular weight excluding hydrogens is 501 g/mol. The number of nitrogens with one attached hydrogen (secondary N) is 1. The van der Waals surface area contributed by atoms with E-state index in [-0.39, 0.29) is 12.5 Å². The molecule has 0 spiro atoms. The van der Waals surface area contributed by atoms with E-state index in [4.69, 9.17) is 19.0 Å². The number of aromatic nitrogens is 5. The average molecular weight is 528 g/mol. The minimum absolute atomic E-state index is 0.197. The molecule has 10 heteroatoms. The highest BCUT2D eigenvalue weighted by Gasteiger charge is 2.25. The fourth-order valence-electron chi connectivity index (χ4n) is 5.08. The first-order valence-electron chi connectivity index (χ1n) is 12.6. The van der Waals surface area contributed by atoms with Crippen LogP contribution >= 0.6 is 0 Å². The molecule has 39 heavy (non-hydrogen) atoms. The third-order valence-corrected chi connectivity index (χ3v) is 6.93. The van der Waals surface area contributed by atoms with E-state index >= 15 is 0 Å². The van der Waals surface area contributed by atoms with E-state index in [9.17, 15) is 9.18 Å². The van der Waals surface area contributed by atoms with Gasteiger partial charge in [-0.05, 0) is 47.2 Å². The van der Waals surface area contributed by atoms with Crippen molar-refractivity contribution in [3.63, 3.8) is 0 Å². The van der Waals surface area contributed by atoms with E-state index < -0.39 is 11.6 Å². The van der Waals surface area contributed by atoms with Crippen molar-refractivity contribution in [2.45, 2.75) is 39.7 Å². The zero-order chi connectivity index (χ0) is 27.3. The maximum absolute atomic E-state index is 14.2. The molecule has 5 aromatic rings. The van der Waals surface area contributed by atoms with Gasteiger partial charge < -0.3 is 9.47 Å². The summed E-state index contributed by atoms with van der Waals surface area (Å²) in [7, 11) is 1.58.